The molecule has 0 unspecified atom stereocenters. The summed E-state index contributed by atoms with van der Waals surface area (Å²) in [7, 11) is 0. The summed E-state index contributed by atoms with van der Waals surface area (Å²) >= 11 is 3.19. The molecule has 2 heterocycles. The third-order valence-corrected chi connectivity index (χ3v) is 2.19. The summed E-state index contributed by atoms with van der Waals surface area (Å²) in [5.41, 5.74) is 0.430. The third-order valence-electron chi connectivity index (χ3n) is 1.75. The van der Waals surface area contributed by atoms with Crippen molar-refractivity contribution in [1.82, 2.24) is 10.1 Å². The molecule has 2 aromatic rings. The van der Waals surface area contributed by atoms with E-state index in [0.717, 1.165) is 6.20 Å². The second-order valence-electron chi connectivity index (χ2n) is 2.72. The van der Waals surface area contributed by atoms with Gasteiger partial charge in [-0.2, -0.15) is 0 Å². The van der Waals surface area contributed by atoms with Crippen molar-refractivity contribution in [2.45, 2.75) is 0 Å². The van der Waals surface area contributed by atoms with Crippen LogP contribution in [0.3, 0.4) is 0 Å². The fraction of sp³-hybridized carbons (Fsp3) is 0. The van der Waals surface area contributed by atoms with Crippen LogP contribution in [0.25, 0.3) is 11.5 Å². The number of carboxylic acids is 1. The van der Waals surface area contributed by atoms with Gasteiger partial charge in [0.05, 0.1) is 6.20 Å². The standard InChI is InChI=1S/C9H5BrN2O3/c10-7-3-1-2-6(12-7)8-5(9(13)14)4-11-15-8/h1-4H,(H,13,14). The maximum atomic E-state index is 10.8. The van der Waals surface area contributed by atoms with Crippen LogP contribution < -0.4 is 0 Å². The monoisotopic (exact) mass is 268 g/mol. The van der Waals surface area contributed by atoms with Crippen molar-refractivity contribution in [3.8, 4) is 11.5 Å². The molecule has 0 aliphatic rings. The minimum atomic E-state index is -1.09. The first-order valence-electron chi connectivity index (χ1n) is 3.99. The molecular formula is C9H5BrN2O3. The average Bonchev–Trinajstić information content (AvgIpc) is 2.65. The largest absolute Gasteiger partial charge is 0.477 e. The van der Waals surface area contributed by atoms with E-state index in [1.165, 1.54) is 0 Å². The molecular weight excluding hydrogens is 264 g/mol. The molecule has 0 spiro atoms. The summed E-state index contributed by atoms with van der Waals surface area (Å²) in [6.07, 6.45) is 1.15. The van der Waals surface area contributed by atoms with Crippen molar-refractivity contribution in [2.75, 3.05) is 0 Å². The van der Waals surface area contributed by atoms with Crippen molar-refractivity contribution in [3.63, 3.8) is 0 Å². The van der Waals surface area contributed by atoms with Crippen molar-refractivity contribution < 1.29 is 14.4 Å². The summed E-state index contributed by atoms with van der Waals surface area (Å²) in [6, 6.07) is 5.12. The molecule has 0 atom stereocenters. The van der Waals surface area contributed by atoms with Crippen molar-refractivity contribution >= 4 is 21.9 Å². The van der Waals surface area contributed by atoms with Gasteiger partial charge in [0.15, 0.2) is 5.76 Å². The van der Waals surface area contributed by atoms with E-state index in [0.29, 0.717) is 10.3 Å². The molecule has 2 aromatic heterocycles. The highest BCUT2D eigenvalue weighted by Gasteiger charge is 2.17. The van der Waals surface area contributed by atoms with Crippen molar-refractivity contribution in [2.24, 2.45) is 0 Å². The second kappa shape index (κ2) is 3.82. The zero-order valence-electron chi connectivity index (χ0n) is 7.35. The normalized spacial score (nSPS) is 10.2. The molecule has 0 aliphatic carbocycles. The Morgan fingerprint density at radius 2 is 2.27 bits per heavy atom. The third kappa shape index (κ3) is 1.89. The molecule has 2 rings (SSSR count). The molecule has 0 saturated heterocycles. The number of carbonyl (C=O) groups is 1. The van der Waals surface area contributed by atoms with Crippen LogP contribution in [0.4, 0.5) is 0 Å². The maximum absolute atomic E-state index is 10.8. The van der Waals surface area contributed by atoms with Crippen LogP contribution in [0.1, 0.15) is 10.4 Å². The van der Waals surface area contributed by atoms with Gasteiger partial charge in [-0.15, -0.1) is 0 Å². The van der Waals surface area contributed by atoms with Gasteiger partial charge in [0.2, 0.25) is 0 Å². The van der Waals surface area contributed by atoms with E-state index in [-0.39, 0.29) is 11.3 Å². The number of nitrogens with zero attached hydrogens (tertiary/aromatic N) is 2. The first-order valence-corrected chi connectivity index (χ1v) is 4.78. The average molecular weight is 269 g/mol. The van der Waals surface area contributed by atoms with Gasteiger partial charge in [-0.05, 0) is 28.1 Å². The molecule has 5 nitrogen and oxygen atoms in total. The topological polar surface area (TPSA) is 76.2 Å². The summed E-state index contributed by atoms with van der Waals surface area (Å²) in [6.45, 7) is 0. The highest BCUT2D eigenvalue weighted by molar-refractivity contribution is 9.10. The SMILES string of the molecule is O=C(O)c1cnoc1-c1cccc(Br)n1. The smallest absolute Gasteiger partial charge is 0.341 e. The number of hydrogen-bond acceptors (Lipinski definition) is 4. The molecule has 6 heteroatoms. The fourth-order valence-corrected chi connectivity index (χ4v) is 1.46. The predicted molar refractivity (Wildman–Crippen MR) is 54.4 cm³/mol. The number of carboxylic acid groups (broad SMARTS) is 1. The van der Waals surface area contributed by atoms with Gasteiger partial charge < -0.3 is 9.63 Å². The molecule has 0 amide bonds. The van der Waals surface area contributed by atoms with Crippen molar-refractivity contribution in [3.05, 3.63) is 34.6 Å². The quantitative estimate of drug-likeness (QED) is 0.845. The van der Waals surface area contributed by atoms with E-state index >= 15 is 0 Å². The molecule has 0 radical (unpaired) electrons. The van der Waals surface area contributed by atoms with Crippen LogP contribution in [-0.4, -0.2) is 21.2 Å². The van der Waals surface area contributed by atoms with Gasteiger partial charge in [0, 0.05) is 0 Å². The molecule has 0 aliphatic heterocycles. The molecule has 15 heavy (non-hydrogen) atoms. The lowest BCUT2D eigenvalue weighted by molar-refractivity contribution is 0.0697. The molecule has 0 saturated carbocycles. The van der Waals surface area contributed by atoms with Crippen LogP contribution in [0.15, 0.2) is 33.5 Å². The second-order valence-corrected chi connectivity index (χ2v) is 3.53. The number of rotatable bonds is 2. The van der Waals surface area contributed by atoms with Gasteiger partial charge in [0.25, 0.3) is 0 Å². The van der Waals surface area contributed by atoms with Crippen LogP contribution in [-0.2, 0) is 0 Å². The Hall–Kier alpha value is -1.69. The zero-order valence-corrected chi connectivity index (χ0v) is 8.93. The molecule has 0 bridgehead atoms. The van der Waals surface area contributed by atoms with Crippen LogP contribution in [0.5, 0.6) is 0 Å². The van der Waals surface area contributed by atoms with Gasteiger partial charge in [-0.1, -0.05) is 11.2 Å². The lowest BCUT2D eigenvalue weighted by atomic mass is 10.2. The lowest BCUT2D eigenvalue weighted by Crippen LogP contribution is -1.96. The van der Waals surface area contributed by atoms with E-state index < -0.39 is 5.97 Å². The zero-order chi connectivity index (χ0) is 10.8. The van der Waals surface area contributed by atoms with Gasteiger partial charge >= 0.3 is 5.97 Å². The summed E-state index contributed by atoms with van der Waals surface area (Å²) < 4.78 is 5.46. The minimum Gasteiger partial charge on any atom is -0.477 e. The Bertz CT molecular complexity index is 510. The van der Waals surface area contributed by atoms with E-state index in [1.54, 1.807) is 18.2 Å². The van der Waals surface area contributed by atoms with Crippen LogP contribution in [0.2, 0.25) is 0 Å². The molecule has 0 fully saturated rings. The van der Waals surface area contributed by atoms with E-state index in [2.05, 4.69) is 26.1 Å². The highest BCUT2D eigenvalue weighted by atomic mass is 79.9. The van der Waals surface area contributed by atoms with Gasteiger partial charge in [0.1, 0.15) is 15.9 Å². The fourth-order valence-electron chi connectivity index (χ4n) is 1.11. The molecule has 0 aromatic carbocycles. The Labute approximate surface area is 92.9 Å². The maximum Gasteiger partial charge on any atom is 0.341 e. The Morgan fingerprint density at radius 3 is 2.93 bits per heavy atom. The first kappa shape index (κ1) is 9.85. The molecule has 1 N–H and O–H groups in total. The Balaban J connectivity index is 2.54. The summed E-state index contributed by atoms with van der Waals surface area (Å²) in [5.74, 6) is -0.933. The van der Waals surface area contributed by atoms with E-state index in [4.69, 9.17) is 9.63 Å². The highest BCUT2D eigenvalue weighted by Crippen LogP contribution is 2.22. The molecule has 76 valence electrons. The first-order chi connectivity index (χ1) is 7.18. The van der Waals surface area contributed by atoms with Crippen LogP contribution >= 0.6 is 15.9 Å². The summed E-state index contributed by atoms with van der Waals surface area (Å²) in [5, 5.41) is 12.3. The number of pyridine rings is 1. The number of halogens is 1. The van der Waals surface area contributed by atoms with E-state index in [9.17, 15) is 4.79 Å². The minimum absolute atomic E-state index is 0.000556. The number of hydrogen-bond donors (Lipinski definition) is 1. The number of aromatic nitrogens is 2. The van der Waals surface area contributed by atoms with E-state index in [1.807, 2.05) is 0 Å². The number of aromatic carboxylic acids is 1. The Morgan fingerprint density at radius 1 is 1.47 bits per heavy atom. The Kier molecular flexibility index (Phi) is 2.51. The lowest BCUT2D eigenvalue weighted by Gasteiger charge is -1.96. The predicted octanol–water partition coefficient (Wildman–Crippen LogP) is 2.20. The summed E-state index contributed by atoms with van der Waals surface area (Å²) in [4.78, 5) is 14.9. The van der Waals surface area contributed by atoms with Crippen molar-refractivity contribution in [1.29, 1.82) is 0 Å². The van der Waals surface area contributed by atoms with Gasteiger partial charge in [-0.3, -0.25) is 0 Å². The van der Waals surface area contributed by atoms with Crippen LogP contribution in [0, 0.1) is 0 Å². The van der Waals surface area contributed by atoms with Gasteiger partial charge in [-0.25, -0.2) is 9.78 Å².